The number of hydrogen-bond acceptors (Lipinski definition) is 3. The van der Waals surface area contributed by atoms with Gasteiger partial charge in [0.2, 0.25) is 5.91 Å². The van der Waals surface area contributed by atoms with Crippen molar-refractivity contribution in [2.24, 2.45) is 5.92 Å². The number of likely N-dealkylation sites (tertiary alicyclic amines) is 1. The van der Waals surface area contributed by atoms with Gasteiger partial charge in [-0.15, -0.1) is 0 Å². The average Bonchev–Trinajstić information content (AvgIpc) is 3.59. The van der Waals surface area contributed by atoms with Gasteiger partial charge in [-0.05, 0) is 82.3 Å². The molecule has 8 nitrogen and oxygen atoms in total. The van der Waals surface area contributed by atoms with Crippen molar-refractivity contribution in [2.45, 2.75) is 82.3 Å². The molecule has 0 spiro atoms. The summed E-state index contributed by atoms with van der Waals surface area (Å²) < 4.78 is 95.2. The number of carbonyl (C=O) groups excluding carboxylic acids is 2. The van der Waals surface area contributed by atoms with Gasteiger partial charge in [-0.25, -0.2) is 14.0 Å². The van der Waals surface area contributed by atoms with Crippen LogP contribution in [0.2, 0.25) is 0 Å². The molecule has 262 valence electrons. The van der Waals surface area contributed by atoms with Crippen LogP contribution in [0.15, 0.2) is 42.5 Å². The highest BCUT2D eigenvalue weighted by Crippen LogP contribution is 2.41. The predicted octanol–water partition coefficient (Wildman–Crippen LogP) is 7.44. The molecule has 4 amide bonds. The van der Waals surface area contributed by atoms with E-state index in [-0.39, 0.29) is 44.2 Å². The van der Waals surface area contributed by atoms with E-state index in [0.717, 1.165) is 4.90 Å². The lowest BCUT2D eigenvalue weighted by Crippen LogP contribution is -2.52. The van der Waals surface area contributed by atoms with Gasteiger partial charge in [0.1, 0.15) is 5.82 Å². The van der Waals surface area contributed by atoms with Crippen LogP contribution >= 0.6 is 0 Å². The molecule has 2 heterocycles. The lowest BCUT2D eigenvalue weighted by molar-refractivity contribution is -0.143. The highest BCUT2D eigenvalue weighted by Gasteiger charge is 2.47. The molecule has 0 aromatic heterocycles. The minimum absolute atomic E-state index is 0.00261. The molecule has 1 saturated carbocycles. The number of halogens is 7. The summed E-state index contributed by atoms with van der Waals surface area (Å²) >= 11 is 0. The SMILES string of the molecule is CC(C)(C)N(C(=O)O)C1CCC(C(=O)N2C[C@@H](N3CCN(c4cc(C(F)(F)F)cc(C(F)(F)F)c4)C3=O)[C@H](c3ccc(F)cc3)C2)CC1. The van der Waals surface area contributed by atoms with E-state index in [0.29, 0.717) is 43.4 Å². The fourth-order valence-corrected chi connectivity index (χ4v) is 7.35. The van der Waals surface area contributed by atoms with Crippen molar-refractivity contribution in [3.63, 3.8) is 0 Å². The number of carboxylic acid groups (broad SMARTS) is 1. The molecule has 0 unspecified atom stereocenters. The quantitative estimate of drug-likeness (QED) is 0.332. The van der Waals surface area contributed by atoms with Gasteiger partial charge in [-0.1, -0.05) is 12.1 Å². The number of nitrogens with zero attached hydrogens (tertiary/aromatic N) is 4. The Labute approximate surface area is 273 Å². The van der Waals surface area contributed by atoms with E-state index in [2.05, 4.69) is 0 Å². The maximum Gasteiger partial charge on any atom is 0.416 e. The molecule has 0 radical (unpaired) electrons. The second kappa shape index (κ2) is 12.8. The Morgan fingerprint density at radius 3 is 1.90 bits per heavy atom. The van der Waals surface area contributed by atoms with Gasteiger partial charge in [0, 0.05) is 55.3 Å². The second-order valence-corrected chi connectivity index (χ2v) is 13.7. The molecular formula is C33H37F7N4O4. The summed E-state index contributed by atoms with van der Waals surface area (Å²) in [4.78, 5) is 44.8. The molecule has 2 aliphatic heterocycles. The van der Waals surface area contributed by atoms with Crippen LogP contribution in [-0.4, -0.2) is 81.6 Å². The zero-order chi connectivity index (χ0) is 35.3. The van der Waals surface area contributed by atoms with Crippen LogP contribution in [0.25, 0.3) is 0 Å². The van der Waals surface area contributed by atoms with Gasteiger partial charge in [0.05, 0.1) is 17.2 Å². The monoisotopic (exact) mass is 686 g/mol. The summed E-state index contributed by atoms with van der Waals surface area (Å²) in [7, 11) is 0. The third-order valence-corrected chi connectivity index (χ3v) is 9.56. The normalized spacial score (nSPS) is 24.0. The van der Waals surface area contributed by atoms with Gasteiger partial charge in [-0.3, -0.25) is 9.69 Å². The standard InChI is InChI=1S/C33H37F7N4O4/c1-31(2,3)44(30(47)48)24-10-6-20(7-11-24)28(45)41-17-26(19-4-8-23(34)9-5-19)27(18-41)43-13-12-42(29(43)46)25-15-21(32(35,36)37)14-22(16-25)33(38,39)40/h4-5,8-9,14-16,20,24,26-27H,6-7,10-13,17-18H2,1-3H3,(H,47,48)/t20?,24?,26-,27+/m0/s1. The molecule has 2 atom stereocenters. The lowest BCUT2D eigenvalue weighted by atomic mass is 9.83. The molecule has 0 bridgehead atoms. The fraction of sp³-hybridized carbons (Fsp3) is 0.545. The van der Waals surface area contributed by atoms with Crippen molar-refractivity contribution >= 4 is 23.7 Å². The Morgan fingerprint density at radius 1 is 0.833 bits per heavy atom. The number of anilines is 1. The first-order chi connectivity index (χ1) is 22.3. The number of benzene rings is 2. The van der Waals surface area contributed by atoms with Crippen molar-refractivity contribution in [1.82, 2.24) is 14.7 Å². The van der Waals surface area contributed by atoms with E-state index in [4.69, 9.17) is 0 Å². The minimum Gasteiger partial charge on any atom is -0.465 e. The topological polar surface area (TPSA) is 84.4 Å². The van der Waals surface area contributed by atoms with E-state index in [1.165, 1.54) is 34.1 Å². The van der Waals surface area contributed by atoms with Crippen molar-refractivity contribution in [2.75, 3.05) is 31.1 Å². The van der Waals surface area contributed by atoms with Gasteiger partial charge < -0.3 is 19.8 Å². The van der Waals surface area contributed by atoms with Crippen molar-refractivity contribution in [3.05, 3.63) is 65.0 Å². The van der Waals surface area contributed by atoms with E-state index >= 15 is 0 Å². The van der Waals surface area contributed by atoms with Gasteiger partial charge in [0.15, 0.2) is 0 Å². The summed E-state index contributed by atoms with van der Waals surface area (Å²) in [5, 5.41) is 9.80. The smallest absolute Gasteiger partial charge is 0.416 e. The average molecular weight is 687 g/mol. The third kappa shape index (κ3) is 7.19. The Balaban J connectivity index is 1.37. The van der Waals surface area contributed by atoms with Gasteiger partial charge in [-0.2, -0.15) is 26.3 Å². The molecule has 3 aliphatic rings. The summed E-state index contributed by atoms with van der Waals surface area (Å²) in [6.45, 7) is 5.42. The number of alkyl halides is 6. The Bertz CT molecular complexity index is 1500. The molecule has 3 fully saturated rings. The molecule has 15 heteroatoms. The van der Waals surface area contributed by atoms with Gasteiger partial charge in [0.25, 0.3) is 0 Å². The number of rotatable bonds is 5. The van der Waals surface area contributed by atoms with Crippen LogP contribution in [0.4, 0.5) is 46.0 Å². The van der Waals surface area contributed by atoms with Crippen molar-refractivity contribution in [3.8, 4) is 0 Å². The van der Waals surface area contributed by atoms with Crippen LogP contribution in [0.1, 0.15) is 69.1 Å². The van der Waals surface area contributed by atoms with Crippen molar-refractivity contribution in [1.29, 1.82) is 0 Å². The highest BCUT2D eigenvalue weighted by molar-refractivity contribution is 5.95. The van der Waals surface area contributed by atoms with E-state index in [1.54, 1.807) is 25.7 Å². The molecule has 2 aromatic carbocycles. The van der Waals surface area contributed by atoms with Crippen LogP contribution in [0.3, 0.4) is 0 Å². The van der Waals surface area contributed by atoms with Crippen molar-refractivity contribution < 1.29 is 50.2 Å². The summed E-state index contributed by atoms with van der Waals surface area (Å²) in [5.74, 6) is -1.60. The second-order valence-electron chi connectivity index (χ2n) is 13.7. The minimum atomic E-state index is -5.09. The van der Waals surface area contributed by atoms with Gasteiger partial charge >= 0.3 is 24.5 Å². The van der Waals surface area contributed by atoms with Crippen LogP contribution in [-0.2, 0) is 17.1 Å². The molecule has 2 saturated heterocycles. The highest BCUT2D eigenvalue weighted by atomic mass is 19.4. The lowest BCUT2D eigenvalue weighted by Gasteiger charge is -2.42. The molecule has 48 heavy (non-hydrogen) atoms. The molecule has 2 aromatic rings. The van der Waals surface area contributed by atoms with Crippen LogP contribution in [0.5, 0.6) is 0 Å². The number of carbonyl (C=O) groups is 3. The first kappa shape index (κ1) is 35.3. The predicted molar refractivity (Wildman–Crippen MR) is 161 cm³/mol. The Morgan fingerprint density at radius 2 is 1.40 bits per heavy atom. The maximum atomic E-state index is 13.8. The molecular weight excluding hydrogens is 649 g/mol. The number of hydrogen-bond donors (Lipinski definition) is 1. The molecule has 1 aliphatic carbocycles. The Hall–Kier alpha value is -4.04. The zero-order valence-electron chi connectivity index (χ0n) is 26.6. The van der Waals surface area contributed by atoms with Crippen LogP contribution < -0.4 is 4.90 Å². The first-order valence-electron chi connectivity index (χ1n) is 15.7. The first-order valence-corrected chi connectivity index (χ1v) is 15.7. The van der Waals surface area contributed by atoms with E-state index in [1.807, 2.05) is 0 Å². The largest absolute Gasteiger partial charge is 0.465 e. The van der Waals surface area contributed by atoms with E-state index in [9.17, 15) is 50.2 Å². The number of amides is 4. The summed E-state index contributed by atoms with van der Waals surface area (Å²) in [5.41, 5.74) is -3.63. The fourth-order valence-electron chi connectivity index (χ4n) is 7.35. The molecule has 1 N–H and O–H groups in total. The Kier molecular flexibility index (Phi) is 9.38. The number of urea groups is 1. The zero-order valence-corrected chi connectivity index (χ0v) is 26.6. The summed E-state index contributed by atoms with van der Waals surface area (Å²) in [6.07, 6.45) is -9.36. The van der Waals surface area contributed by atoms with E-state index < -0.39 is 70.5 Å². The van der Waals surface area contributed by atoms with Crippen LogP contribution in [0, 0.1) is 11.7 Å². The molecule has 5 rings (SSSR count). The maximum absolute atomic E-state index is 13.8. The summed E-state index contributed by atoms with van der Waals surface area (Å²) in [6, 6.07) is 4.81. The third-order valence-electron chi connectivity index (χ3n) is 9.56.